The Morgan fingerprint density at radius 1 is 0.917 bits per heavy atom. The Bertz CT molecular complexity index is 1050. The highest BCUT2D eigenvalue weighted by atomic mass is 32.2. The maximum atomic E-state index is 12.1. The molecule has 5 nitrogen and oxygen atoms in total. The van der Waals surface area contributed by atoms with Crippen LogP contribution in [0.2, 0.25) is 0 Å². The first-order valence-corrected chi connectivity index (χ1v) is 9.14. The van der Waals surface area contributed by atoms with Crippen molar-refractivity contribution < 1.29 is 8.42 Å². The van der Waals surface area contributed by atoms with Gasteiger partial charge < -0.3 is 5.73 Å². The summed E-state index contributed by atoms with van der Waals surface area (Å²) in [6.07, 6.45) is 2.82. The van der Waals surface area contributed by atoms with Crippen LogP contribution in [0, 0.1) is 0 Å². The predicted molar refractivity (Wildman–Crippen MR) is 95.0 cm³/mol. The Hall–Kier alpha value is -2.86. The van der Waals surface area contributed by atoms with Crippen molar-refractivity contribution >= 4 is 15.5 Å². The molecule has 0 unspecified atom stereocenters. The number of aromatic nitrogens is 1. The van der Waals surface area contributed by atoms with E-state index in [0.717, 1.165) is 5.56 Å². The van der Waals surface area contributed by atoms with Crippen molar-refractivity contribution in [3.8, 4) is 16.8 Å². The molecule has 0 aliphatic heterocycles. The van der Waals surface area contributed by atoms with Gasteiger partial charge in [0.2, 0.25) is 0 Å². The number of hydrogen-bond acceptors (Lipinski definition) is 4. The van der Waals surface area contributed by atoms with Crippen molar-refractivity contribution in [1.29, 1.82) is 0 Å². The first-order chi connectivity index (χ1) is 11.4. The van der Waals surface area contributed by atoms with Crippen molar-refractivity contribution in [3.63, 3.8) is 0 Å². The van der Waals surface area contributed by atoms with Crippen molar-refractivity contribution in [2.45, 2.75) is 4.90 Å². The van der Waals surface area contributed by atoms with E-state index in [-0.39, 0.29) is 16.1 Å². The lowest BCUT2D eigenvalue weighted by atomic mass is 10.1. The molecule has 1 aromatic heterocycles. The maximum Gasteiger partial charge on any atom is 0.278 e. The summed E-state index contributed by atoms with van der Waals surface area (Å²) in [5.74, 6) is 0. The van der Waals surface area contributed by atoms with E-state index >= 15 is 0 Å². The number of sulfone groups is 1. The van der Waals surface area contributed by atoms with Crippen LogP contribution in [0.5, 0.6) is 0 Å². The van der Waals surface area contributed by atoms with Crippen molar-refractivity contribution in [2.75, 3.05) is 12.0 Å². The zero-order chi connectivity index (χ0) is 17.3. The lowest BCUT2D eigenvalue weighted by Gasteiger charge is -2.10. The minimum Gasteiger partial charge on any atom is -0.394 e. The average molecular weight is 340 g/mol. The second kappa shape index (κ2) is 5.98. The molecular formula is C18H16N2O3S. The van der Waals surface area contributed by atoms with Crippen LogP contribution >= 0.6 is 0 Å². The van der Waals surface area contributed by atoms with Gasteiger partial charge in [0.15, 0.2) is 9.84 Å². The summed E-state index contributed by atoms with van der Waals surface area (Å²) in [6.45, 7) is 0. The third-order valence-electron chi connectivity index (χ3n) is 3.72. The Kier molecular flexibility index (Phi) is 3.99. The van der Waals surface area contributed by atoms with E-state index < -0.39 is 9.84 Å². The van der Waals surface area contributed by atoms with Gasteiger partial charge in [0, 0.05) is 23.7 Å². The summed E-state index contributed by atoms with van der Waals surface area (Å²) < 4.78 is 25.3. The first-order valence-electron chi connectivity index (χ1n) is 7.25. The Morgan fingerprint density at radius 3 is 2.25 bits per heavy atom. The van der Waals surface area contributed by atoms with E-state index in [1.54, 1.807) is 66.9 Å². The highest BCUT2D eigenvalue weighted by Gasteiger charge is 2.14. The predicted octanol–water partition coefficient (Wildman–Crippen LogP) is 2.49. The van der Waals surface area contributed by atoms with E-state index in [2.05, 4.69) is 0 Å². The van der Waals surface area contributed by atoms with E-state index in [9.17, 15) is 13.2 Å². The number of anilines is 1. The highest BCUT2D eigenvalue weighted by Crippen LogP contribution is 2.27. The van der Waals surface area contributed by atoms with Crippen molar-refractivity contribution in [1.82, 2.24) is 4.57 Å². The Balaban J connectivity index is 2.09. The summed E-state index contributed by atoms with van der Waals surface area (Å²) in [7, 11) is -3.33. The fraction of sp³-hybridized carbons (Fsp3) is 0.0556. The minimum absolute atomic E-state index is 0.170. The highest BCUT2D eigenvalue weighted by molar-refractivity contribution is 7.90. The third kappa shape index (κ3) is 2.96. The molecule has 2 N–H and O–H groups in total. The number of nitrogens with two attached hydrogens (primary N) is 1. The summed E-state index contributed by atoms with van der Waals surface area (Å²) in [4.78, 5) is 12.3. The van der Waals surface area contributed by atoms with Gasteiger partial charge >= 0.3 is 0 Å². The van der Waals surface area contributed by atoms with Crippen LogP contribution in [0.1, 0.15) is 0 Å². The maximum absolute atomic E-state index is 12.1. The summed E-state index contributed by atoms with van der Waals surface area (Å²) >= 11 is 0. The van der Waals surface area contributed by atoms with Crippen LogP contribution in [0.4, 0.5) is 5.69 Å². The summed E-state index contributed by atoms with van der Waals surface area (Å²) in [6, 6.07) is 17.2. The fourth-order valence-corrected chi connectivity index (χ4v) is 3.46. The second-order valence-corrected chi connectivity index (χ2v) is 7.44. The number of nitrogens with zero attached hydrogens (tertiary/aromatic N) is 1. The van der Waals surface area contributed by atoms with Crippen LogP contribution in [0.15, 0.2) is 76.6 Å². The molecule has 24 heavy (non-hydrogen) atoms. The molecule has 0 fully saturated rings. The SMILES string of the molecule is CS(=O)(=O)c1ccccc1-c1ccc(-n2cccc(N)c2=O)cc1. The van der Waals surface area contributed by atoms with Crippen LogP contribution in [-0.2, 0) is 9.84 Å². The van der Waals surface area contributed by atoms with Gasteiger partial charge in [-0.2, -0.15) is 0 Å². The quantitative estimate of drug-likeness (QED) is 0.794. The van der Waals surface area contributed by atoms with Gasteiger partial charge in [0.05, 0.1) is 10.6 Å². The molecule has 0 saturated carbocycles. The summed E-state index contributed by atoms with van der Waals surface area (Å²) in [5.41, 5.74) is 7.58. The van der Waals surface area contributed by atoms with Gasteiger partial charge in [0.1, 0.15) is 0 Å². The molecule has 0 spiro atoms. The molecule has 1 heterocycles. The molecule has 3 aromatic rings. The molecule has 122 valence electrons. The van der Waals surface area contributed by atoms with Crippen LogP contribution in [-0.4, -0.2) is 19.2 Å². The van der Waals surface area contributed by atoms with E-state index in [4.69, 9.17) is 5.73 Å². The van der Waals surface area contributed by atoms with Crippen LogP contribution < -0.4 is 11.3 Å². The molecule has 3 rings (SSSR count). The summed E-state index contributed by atoms with van der Waals surface area (Å²) in [5, 5.41) is 0. The number of benzene rings is 2. The van der Waals surface area contributed by atoms with Gasteiger partial charge in [0.25, 0.3) is 5.56 Å². The topological polar surface area (TPSA) is 82.2 Å². The number of nitrogen functional groups attached to an aromatic ring is 1. The molecular weight excluding hydrogens is 324 g/mol. The lowest BCUT2D eigenvalue weighted by Crippen LogP contribution is -2.20. The zero-order valence-electron chi connectivity index (χ0n) is 13.0. The molecule has 0 aliphatic rings. The monoisotopic (exact) mass is 340 g/mol. The lowest BCUT2D eigenvalue weighted by molar-refractivity contribution is 0.602. The van der Waals surface area contributed by atoms with Crippen molar-refractivity contribution in [2.24, 2.45) is 0 Å². The van der Waals surface area contributed by atoms with Gasteiger partial charge in [-0.15, -0.1) is 0 Å². The van der Waals surface area contributed by atoms with E-state index in [1.165, 1.54) is 10.8 Å². The zero-order valence-corrected chi connectivity index (χ0v) is 13.8. The van der Waals surface area contributed by atoms with E-state index in [1.807, 2.05) is 0 Å². The van der Waals surface area contributed by atoms with Crippen LogP contribution in [0.25, 0.3) is 16.8 Å². The van der Waals surface area contributed by atoms with E-state index in [0.29, 0.717) is 11.3 Å². The number of pyridine rings is 1. The molecule has 0 saturated heterocycles. The van der Waals surface area contributed by atoms with Crippen LogP contribution in [0.3, 0.4) is 0 Å². The Morgan fingerprint density at radius 2 is 1.58 bits per heavy atom. The molecule has 0 aliphatic carbocycles. The number of hydrogen-bond donors (Lipinski definition) is 1. The fourth-order valence-electron chi connectivity index (χ4n) is 2.54. The smallest absolute Gasteiger partial charge is 0.278 e. The molecule has 0 radical (unpaired) electrons. The minimum atomic E-state index is -3.33. The number of rotatable bonds is 3. The largest absolute Gasteiger partial charge is 0.394 e. The molecule has 2 aromatic carbocycles. The third-order valence-corrected chi connectivity index (χ3v) is 4.87. The molecule has 0 bridgehead atoms. The van der Waals surface area contributed by atoms with Gasteiger partial charge in [-0.3, -0.25) is 9.36 Å². The molecule has 0 amide bonds. The van der Waals surface area contributed by atoms with Crippen molar-refractivity contribution in [3.05, 3.63) is 77.2 Å². The molecule has 0 atom stereocenters. The normalized spacial score (nSPS) is 11.4. The average Bonchev–Trinajstić information content (AvgIpc) is 2.57. The second-order valence-electron chi connectivity index (χ2n) is 5.45. The first kappa shape index (κ1) is 16.0. The Labute approximate surface area is 139 Å². The van der Waals surface area contributed by atoms with Gasteiger partial charge in [-0.05, 0) is 35.9 Å². The molecule has 6 heteroatoms. The van der Waals surface area contributed by atoms with Gasteiger partial charge in [-0.1, -0.05) is 30.3 Å². The standard InChI is InChI=1S/C18H16N2O3S/c1-24(22,23)17-7-3-2-5-15(17)13-8-10-14(11-9-13)20-12-4-6-16(19)18(20)21/h2-12H,19H2,1H3. The van der Waals surface area contributed by atoms with Gasteiger partial charge in [-0.25, -0.2) is 8.42 Å².